The van der Waals surface area contributed by atoms with E-state index < -0.39 is 10.0 Å². The molecule has 0 radical (unpaired) electrons. The minimum absolute atomic E-state index is 0.144. The molecule has 1 aromatic heterocycles. The first-order chi connectivity index (χ1) is 8.52. The van der Waals surface area contributed by atoms with Gasteiger partial charge in [0.05, 0.1) is 6.61 Å². The van der Waals surface area contributed by atoms with Gasteiger partial charge in [-0.15, -0.1) is 0 Å². The Kier molecular flexibility index (Phi) is 6.01. The van der Waals surface area contributed by atoms with Crippen LogP contribution in [0.15, 0.2) is 23.2 Å². The van der Waals surface area contributed by atoms with E-state index in [1.54, 1.807) is 6.92 Å². The SMILES string of the molecule is CCOCCN(CC)S(=O)(=O)c1ccc(Cl)nc1. The van der Waals surface area contributed by atoms with Crippen molar-refractivity contribution in [3.8, 4) is 0 Å². The molecule has 1 heterocycles. The Morgan fingerprint density at radius 1 is 1.39 bits per heavy atom. The summed E-state index contributed by atoms with van der Waals surface area (Å²) >= 11 is 5.64. The Bertz CT molecular complexity index is 462. The van der Waals surface area contributed by atoms with Crippen LogP contribution in [0.3, 0.4) is 0 Å². The van der Waals surface area contributed by atoms with E-state index in [-0.39, 0.29) is 10.0 Å². The standard InChI is InChI=1S/C11H17ClN2O3S/c1-3-14(7-8-17-4-2)18(15,16)10-5-6-11(12)13-9-10/h5-6,9H,3-4,7-8H2,1-2H3. The number of rotatable bonds is 7. The second-order valence-electron chi connectivity index (χ2n) is 3.51. The van der Waals surface area contributed by atoms with Crippen molar-refractivity contribution in [3.05, 3.63) is 23.5 Å². The van der Waals surface area contributed by atoms with E-state index in [1.807, 2.05) is 6.92 Å². The van der Waals surface area contributed by atoms with Gasteiger partial charge in [0.2, 0.25) is 10.0 Å². The van der Waals surface area contributed by atoms with Gasteiger partial charge in [-0.1, -0.05) is 18.5 Å². The first-order valence-electron chi connectivity index (χ1n) is 5.71. The molecule has 0 N–H and O–H groups in total. The third-order valence-corrected chi connectivity index (χ3v) is 4.56. The maximum absolute atomic E-state index is 12.3. The summed E-state index contributed by atoms with van der Waals surface area (Å²) in [6.07, 6.45) is 1.26. The van der Waals surface area contributed by atoms with Crippen LogP contribution in [0.2, 0.25) is 5.15 Å². The van der Waals surface area contributed by atoms with Gasteiger partial charge in [0, 0.05) is 25.9 Å². The van der Waals surface area contributed by atoms with Crippen molar-refractivity contribution in [3.63, 3.8) is 0 Å². The second kappa shape index (κ2) is 7.04. The van der Waals surface area contributed by atoms with Gasteiger partial charge in [-0.2, -0.15) is 4.31 Å². The maximum Gasteiger partial charge on any atom is 0.244 e. The molecule has 0 atom stereocenters. The molecule has 18 heavy (non-hydrogen) atoms. The molecule has 0 saturated heterocycles. The molecular formula is C11H17ClN2O3S. The van der Waals surface area contributed by atoms with Gasteiger partial charge in [0.1, 0.15) is 10.0 Å². The van der Waals surface area contributed by atoms with Crippen molar-refractivity contribution in [2.24, 2.45) is 0 Å². The normalized spacial score (nSPS) is 12.0. The van der Waals surface area contributed by atoms with Crippen molar-refractivity contribution >= 4 is 21.6 Å². The van der Waals surface area contributed by atoms with Crippen LogP contribution in [0.4, 0.5) is 0 Å². The van der Waals surface area contributed by atoms with Gasteiger partial charge in [-0.25, -0.2) is 13.4 Å². The lowest BCUT2D eigenvalue weighted by molar-refractivity contribution is 0.135. The topological polar surface area (TPSA) is 59.5 Å². The van der Waals surface area contributed by atoms with E-state index in [0.717, 1.165) is 0 Å². The largest absolute Gasteiger partial charge is 0.380 e. The summed E-state index contributed by atoms with van der Waals surface area (Å²) in [7, 11) is -3.52. The fourth-order valence-corrected chi connectivity index (χ4v) is 2.91. The van der Waals surface area contributed by atoms with E-state index in [2.05, 4.69) is 4.98 Å². The lowest BCUT2D eigenvalue weighted by Gasteiger charge is -2.20. The fraction of sp³-hybridized carbons (Fsp3) is 0.545. The number of hydrogen-bond donors (Lipinski definition) is 0. The summed E-state index contributed by atoms with van der Waals surface area (Å²) in [4.78, 5) is 3.93. The third-order valence-electron chi connectivity index (χ3n) is 2.38. The third kappa shape index (κ3) is 3.91. The predicted molar refractivity (Wildman–Crippen MR) is 70.2 cm³/mol. The molecule has 102 valence electrons. The number of pyridine rings is 1. The van der Waals surface area contributed by atoms with Crippen LogP contribution < -0.4 is 0 Å². The number of nitrogens with zero attached hydrogens (tertiary/aromatic N) is 2. The predicted octanol–water partition coefficient (Wildman–Crippen LogP) is 1.78. The van der Waals surface area contributed by atoms with Gasteiger partial charge in [0.15, 0.2) is 0 Å². The molecule has 0 aromatic carbocycles. The van der Waals surface area contributed by atoms with Crippen LogP contribution in [0.25, 0.3) is 0 Å². The number of aromatic nitrogens is 1. The number of hydrogen-bond acceptors (Lipinski definition) is 4. The van der Waals surface area contributed by atoms with Crippen LogP contribution >= 0.6 is 11.6 Å². The molecule has 0 aliphatic carbocycles. The summed E-state index contributed by atoms with van der Waals surface area (Å²) in [5, 5.41) is 0.270. The number of ether oxygens (including phenoxy) is 1. The van der Waals surface area contributed by atoms with Crippen molar-refractivity contribution in [1.29, 1.82) is 0 Å². The molecule has 0 bridgehead atoms. The molecule has 1 rings (SSSR count). The Labute approximate surface area is 113 Å². The average molecular weight is 293 g/mol. The highest BCUT2D eigenvalue weighted by Gasteiger charge is 2.22. The summed E-state index contributed by atoms with van der Waals surface area (Å²) in [6, 6.07) is 2.92. The molecule has 0 spiro atoms. The number of halogens is 1. The van der Waals surface area contributed by atoms with E-state index >= 15 is 0 Å². The van der Waals surface area contributed by atoms with Crippen molar-refractivity contribution < 1.29 is 13.2 Å². The molecule has 5 nitrogen and oxygen atoms in total. The van der Waals surface area contributed by atoms with Crippen molar-refractivity contribution in [2.75, 3.05) is 26.3 Å². The first kappa shape index (κ1) is 15.4. The first-order valence-corrected chi connectivity index (χ1v) is 7.53. The van der Waals surface area contributed by atoms with E-state index in [0.29, 0.717) is 26.3 Å². The Morgan fingerprint density at radius 3 is 2.61 bits per heavy atom. The molecule has 0 saturated carbocycles. The number of sulfonamides is 1. The Balaban J connectivity index is 2.85. The lowest BCUT2D eigenvalue weighted by Crippen LogP contribution is -2.34. The fourth-order valence-electron chi connectivity index (χ4n) is 1.42. The zero-order valence-corrected chi connectivity index (χ0v) is 12.0. The Morgan fingerprint density at radius 2 is 2.11 bits per heavy atom. The highest BCUT2D eigenvalue weighted by Crippen LogP contribution is 2.16. The van der Waals surface area contributed by atoms with Gasteiger partial charge in [-0.3, -0.25) is 0 Å². The Hall–Kier alpha value is -0.690. The van der Waals surface area contributed by atoms with Crippen molar-refractivity contribution in [2.45, 2.75) is 18.7 Å². The van der Waals surface area contributed by atoms with Crippen LogP contribution in [0.5, 0.6) is 0 Å². The van der Waals surface area contributed by atoms with Gasteiger partial charge < -0.3 is 4.74 Å². The molecule has 0 amide bonds. The molecule has 0 unspecified atom stereocenters. The molecule has 0 aliphatic heterocycles. The maximum atomic E-state index is 12.3. The van der Waals surface area contributed by atoms with Gasteiger partial charge >= 0.3 is 0 Å². The summed E-state index contributed by atoms with van der Waals surface area (Å²) in [5.41, 5.74) is 0. The molecular weight excluding hydrogens is 276 g/mol. The quantitative estimate of drug-likeness (QED) is 0.568. The molecule has 0 aliphatic rings. The number of likely N-dealkylation sites (N-methyl/N-ethyl adjacent to an activating group) is 1. The van der Waals surface area contributed by atoms with Crippen molar-refractivity contribution in [1.82, 2.24) is 9.29 Å². The highest BCUT2D eigenvalue weighted by atomic mass is 35.5. The smallest absolute Gasteiger partial charge is 0.244 e. The zero-order chi connectivity index (χ0) is 13.6. The van der Waals surface area contributed by atoms with Crippen LogP contribution in [0, 0.1) is 0 Å². The van der Waals surface area contributed by atoms with E-state index in [4.69, 9.17) is 16.3 Å². The monoisotopic (exact) mass is 292 g/mol. The van der Waals surface area contributed by atoms with Crippen LogP contribution in [-0.2, 0) is 14.8 Å². The minimum Gasteiger partial charge on any atom is -0.380 e. The minimum atomic E-state index is -3.52. The van der Waals surface area contributed by atoms with Crippen LogP contribution in [0.1, 0.15) is 13.8 Å². The summed E-state index contributed by atoms with van der Waals surface area (Å²) in [6.45, 7) is 5.32. The van der Waals surface area contributed by atoms with E-state index in [9.17, 15) is 8.42 Å². The zero-order valence-electron chi connectivity index (χ0n) is 10.5. The highest BCUT2D eigenvalue weighted by molar-refractivity contribution is 7.89. The summed E-state index contributed by atoms with van der Waals surface area (Å²) < 4.78 is 31.0. The molecule has 7 heteroatoms. The molecule has 0 fully saturated rings. The second-order valence-corrected chi connectivity index (χ2v) is 5.84. The lowest BCUT2D eigenvalue weighted by atomic mass is 10.5. The van der Waals surface area contributed by atoms with Crippen LogP contribution in [-0.4, -0.2) is 44.0 Å². The summed E-state index contributed by atoms with van der Waals surface area (Å²) in [5.74, 6) is 0. The van der Waals surface area contributed by atoms with E-state index in [1.165, 1.54) is 22.6 Å². The van der Waals surface area contributed by atoms with Gasteiger partial charge in [0.25, 0.3) is 0 Å². The molecule has 1 aromatic rings. The van der Waals surface area contributed by atoms with Gasteiger partial charge in [-0.05, 0) is 19.1 Å². The average Bonchev–Trinajstić information content (AvgIpc) is 2.35.